The van der Waals surface area contributed by atoms with Gasteiger partial charge < -0.3 is 9.88 Å². The summed E-state index contributed by atoms with van der Waals surface area (Å²) >= 11 is 1.60. The van der Waals surface area contributed by atoms with Gasteiger partial charge in [-0.25, -0.2) is 4.98 Å². The van der Waals surface area contributed by atoms with E-state index in [-0.39, 0.29) is 17.4 Å². The van der Waals surface area contributed by atoms with Crippen LogP contribution in [0.15, 0.2) is 52.0 Å². The van der Waals surface area contributed by atoms with Crippen molar-refractivity contribution in [3.63, 3.8) is 0 Å². The molecule has 2 aliphatic heterocycles. The fraction of sp³-hybridized carbons (Fsp3) is 0.375. The summed E-state index contributed by atoms with van der Waals surface area (Å²) in [5.74, 6) is 1.12. The van der Waals surface area contributed by atoms with E-state index in [2.05, 4.69) is 34.1 Å². The first-order valence-corrected chi connectivity index (χ1v) is 11.8. The third-order valence-corrected chi connectivity index (χ3v) is 7.06. The van der Waals surface area contributed by atoms with Crippen LogP contribution in [0.5, 0.6) is 0 Å². The monoisotopic (exact) mass is 434 g/mol. The van der Waals surface area contributed by atoms with Crippen molar-refractivity contribution in [1.82, 2.24) is 19.8 Å². The first-order chi connectivity index (χ1) is 15.2. The molecule has 0 radical (unpaired) electrons. The number of benzene rings is 1. The fourth-order valence-corrected chi connectivity index (χ4v) is 5.26. The normalized spacial score (nSPS) is 17.5. The van der Waals surface area contributed by atoms with Gasteiger partial charge in [0.25, 0.3) is 5.56 Å². The van der Waals surface area contributed by atoms with Crippen molar-refractivity contribution in [2.24, 2.45) is 0 Å². The second-order valence-electron chi connectivity index (χ2n) is 8.41. The Bertz CT molecular complexity index is 1120. The van der Waals surface area contributed by atoms with Crippen LogP contribution in [0.4, 0.5) is 0 Å². The van der Waals surface area contributed by atoms with Gasteiger partial charge in [-0.2, -0.15) is 11.3 Å². The number of aromatic nitrogens is 2. The number of likely N-dealkylation sites (tertiary alicyclic amines) is 1. The van der Waals surface area contributed by atoms with Gasteiger partial charge in [0.1, 0.15) is 5.82 Å². The van der Waals surface area contributed by atoms with Crippen molar-refractivity contribution in [2.75, 3.05) is 26.2 Å². The molecule has 4 heterocycles. The van der Waals surface area contributed by atoms with Gasteiger partial charge in [-0.1, -0.05) is 24.3 Å². The van der Waals surface area contributed by atoms with E-state index in [4.69, 9.17) is 4.98 Å². The third-order valence-electron chi connectivity index (χ3n) is 6.38. The number of nitrogens with zero attached hydrogens (tertiary/aromatic N) is 3. The molecule has 0 aliphatic carbocycles. The minimum Gasteiger partial charge on any atom is -0.342 e. The van der Waals surface area contributed by atoms with Gasteiger partial charge in [0.15, 0.2) is 0 Å². The maximum absolute atomic E-state index is 12.9. The number of carbonyl (C=O) groups is 1. The predicted octanol–water partition coefficient (Wildman–Crippen LogP) is 3.26. The zero-order valence-electron chi connectivity index (χ0n) is 17.4. The Morgan fingerprint density at radius 3 is 2.71 bits per heavy atom. The number of hydrogen-bond acceptors (Lipinski definition) is 5. The molecule has 0 atom stereocenters. The van der Waals surface area contributed by atoms with Gasteiger partial charge in [-0.3, -0.25) is 14.5 Å². The van der Waals surface area contributed by atoms with E-state index in [9.17, 15) is 9.59 Å². The van der Waals surface area contributed by atoms with Crippen LogP contribution in [0.2, 0.25) is 0 Å². The summed E-state index contributed by atoms with van der Waals surface area (Å²) in [6, 6.07) is 12.0. The quantitative estimate of drug-likeness (QED) is 0.684. The number of piperidine rings is 1. The highest BCUT2D eigenvalue weighted by molar-refractivity contribution is 7.08. The van der Waals surface area contributed by atoms with E-state index in [1.54, 1.807) is 17.4 Å². The summed E-state index contributed by atoms with van der Waals surface area (Å²) in [4.78, 5) is 36.9. The van der Waals surface area contributed by atoms with Crippen molar-refractivity contribution >= 4 is 17.2 Å². The number of fused-ring (bicyclic) bond motifs is 1. The molecule has 1 N–H and O–H groups in total. The molecule has 0 unspecified atom stereocenters. The Kier molecular flexibility index (Phi) is 5.70. The summed E-state index contributed by atoms with van der Waals surface area (Å²) in [5.41, 5.74) is 4.33. The molecule has 31 heavy (non-hydrogen) atoms. The minimum atomic E-state index is -0.116. The highest BCUT2D eigenvalue weighted by atomic mass is 32.1. The maximum Gasteiger partial charge on any atom is 0.251 e. The van der Waals surface area contributed by atoms with Crippen LogP contribution in [0, 0.1) is 0 Å². The molecule has 1 amide bonds. The molecule has 0 saturated carbocycles. The number of amides is 1. The van der Waals surface area contributed by atoms with Crippen LogP contribution >= 0.6 is 11.3 Å². The van der Waals surface area contributed by atoms with Gasteiger partial charge in [-0.05, 0) is 41.8 Å². The van der Waals surface area contributed by atoms with Crippen LogP contribution in [0.1, 0.15) is 35.7 Å². The van der Waals surface area contributed by atoms with Crippen LogP contribution in [0.25, 0.3) is 11.3 Å². The third kappa shape index (κ3) is 4.48. The molecular formula is C24H26N4O2S. The Morgan fingerprint density at radius 1 is 1.13 bits per heavy atom. The van der Waals surface area contributed by atoms with Crippen molar-refractivity contribution in [1.29, 1.82) is 0 Å². The smallest absolute Gasteiger partial charge is 0.251 e. The van der Waals surface area contributed by atoms with Gasteiger partial charge in [0.2, 0.25) is 5.91 Å². The predicted molar refractivity (Wildman–Crippen MR) is 122 cm³/mol. The number of rotatable bonds is 4. The first-order valence-electron chi connectivity index (χ1n) is 10.9. The molecule has 2 aliphatic rings. The van der Waals surface area contributed by atoms with Gasteiger partial charge in [0.05, 0.1) is 12.2 Å². The summed E-state index contributed by atoms with van der Waals surface area (Å²) in [5, 5.41) is 3.99. The molecular weight excluding hydrogens is 408 g/mol. The van der Waals surface area contributed by atoms with Gasteiger partial charge in [0, 0.05) is 49.1 Å². The SMILES string of the molecule is O=C(CN1CCc2ccccc2C1)N1CCC(c2nc(-c3ccsc3)cc(=O)[nH]2)CC1. The van der Waals surface area contributed by atoms with Crippen LogP contribution < -0.4 is 5.56 Å². The molecule has 5 rings (SSSR count). The summed E-state index contributed by atoms with van der Waals surface area (Å²) in [6.07, 6.45) is 2.65. The topological polar surface area (TPSA) is 69.3 Å². The zero-order chi connectivity index (χ0) is 21.2. The average molecular weight is 435 g/mol. The number of aromatic amines is 1. The number of hydrogen-bond donors (Lipinski definition) is 1. The summed E-state index contributed by atoms with van der Waals surface area (Å²) in [7, 11) is 0. The van der Waals surface area contributed by atoms with E-state index in [0.29, 0.717) is 19.6 Å². The molecule has 0 spiro atoms. The molecule has 160 valence electrons. The number of carbonyl (C=O) groups excluding carboxylic acids is 1. The molecule has 1 fully saturated rings. The number of nitrogens with one attached hydrogen (secondary N) is 1. The van der Waals surface area contributed by atoms with Crippen molar-refractivity contribution in [3.8, 4) is 11.3 Å². The second-order valence-corrected chi connectivity index (χ2v) is 9.19. The lowest BCUT2D eigenvalue weighted by Gasteiger charge is -2.34. The van der Waals surface area contributed by atoms with Gasteiger partial charge in [-0.15, -0.1) is 0 Å². The van der Waals surface area contributed by atoms with Crippen molar-refractivity contribution in [2.45, 2.75) is 31.7 Å². The Balaban J connectivity index is 1.19. The molecule has 2 aromatic heterocycles. The van der Waals surface area contributed by atoms with Crippen molar-refractivity contribution < 1.29 is 4.79 Å². The molecule has 7 heteroatoms. The lowest BCUT2D eigenvalue weighted by molar-refractivity contribution is -0.133. The van der Waals surface area contributed by atoms with E-state index in [0.717, 1.165) is 49.4 Å². The Hall–Kier alpha value is -2.77. The number of thiophene rings is 1. The Labute approximate surface area is 185 Å². The second kappa shape index (κ2) is 8.77. The van der Waals surface area contributed by atoms with Crippen LogP contribution in [-0.2, 0) is 17.8 Å². The highest BCUT2D eigenvalue weighted by Gasteiger charge is 2.27. The molecule has 1 aromatic carbocycles. The highest BCUT2D eigenvalue weighted by Crippen LogP contribution is 2.27. The van der Waals surface area contributed by atoms with Crippen LogP contribution in [-0.4, -0.2) is 51.9 Å². The maximum atomic E-state index is 12.9. The van der Waals surface area contributed by atoms with E-state index < -0.39 is 0 Å². The van der Waals surface area contributed by atoms with E-state index in [1.165, 1.54) is 11.1 Å². The van der Waals surface area contributed by atoms with E-state index >= 15 is 0 Å². The average Bonchev–Trinajstić information content (AvgIpc) is 3.34. The molecule has 0 bridgehead atoms. The standard InChI is InChI=1S/C24H26N4O2S/c29-22-13-21(20-8-12-31-16-20)25-24(26-22)18-6-10-28(11-7-18)23(30)15-27-9-5-17-3-1-2-4-19(17)14-27/h1-4,8,12-13,16,18H,5-7,9-11,14-15H2,(H,25,26,29). The summed E-state index contributed by atoms with van der Waals surface area (Å²) < 4.78 is 0. The Morgan fingerprint density at radius 2 is 1.94 bits per heavy atom. The lowest BCUT2D eigenvalue weighted by atomic mass is 9.95. The van der Waals surface area contributed by atoms with Crippen LogP contribution in [0.3, 0.4) is 0 Å². The number of H-pyrrole nitrogens is 1. The molecule has 3 aromatic rings. The minimum absolute atomic E-state index is 0.116. The van der Waals surface area contributed by atoms with Crippen molar-refractivity contribution in [3.05, 3.63) is 74.5 Å². The zero-order valence-corrected chi connectivity index (χ0v) is 18.2. The molecule has 6 nitrogen and oxygen atoms in total. The fourth-order valence-electron chi connectivity index (χ4n) is 4.61. The largest absolute Gasteiger partial charge is 0.342 e. The van der Waals surface area contributed by atoms with Gasteiger partial charge >= 0.3 is 0 Å². The molecule has 1 saturated heterocycles. The summed E-state index contributed by atoms with van der Waals surface area (Å²) in [6.45, 7) is 3.67. The lowest BCUT2D eigenvalue weighted by Crippen LogP contribution is -2.45. The first kappa shape index (κ1) is 20.2. The van der Waals surface area contributed by atoms with E-state index in [1.807, 2.05) is 21.7 Å².